The lowest BCUT2D eigenvalue weighted by molar-refractivity contribution is -0.127. The van der Waals surface area contributed by atoms with Gasteiger partial charge in [-0.05, 0) is 23.6 Å². The summed E-state index contributed by atoms with van der Waals surface area (Å²) < 4.78 is 13.8. The first-order valence-electron chi connectivity index (χ1n) is 8.93. The van der Waals surface area contributed by atoms with Crippen LogP contribution in [0, 0.1) is 11.7 Å². The van der Waals surface area contributed by atoms with E-state index in [-0.39, 0.29) is 30.1 Å². The highest BCUT2D eigenvalue weighted by molar-refractivity contribution is 6.01. The summed E-state index contributed by atoms with van der Waals surface area (Å²) in [4.78, 5) is 27.3. The first-order chi connectivity index (χ1) is 12.5. The van der Waals surface area contributed by atoms with E-state index in [1.54, 1.807) is 29.2 Å². The zero-order valence-corrected chi connectivity index (χ0v) is 15.0. The SMILES string of the molecule is CCC(C)C(C(=O)NCc1ccccc1F)N1Cc2ccccc2C1=O. The molecule has 4 nitrogen and oxygen atoms in total. The van der Waals surface area contributed by atoms with Gasteiger partial charge in [-0.15, -0.1) is 0 Å². The molecule has 0 aromatic heterocycles. The molecule has 0 saturated heterocycles. The van der Waals surface area contributed by atoms with E-state index in [0.717, 1.165) is 12.0 Å². The molecule has 136 valence electrons. The summed E-state index contributed by atoms with van der Waals surface area (Å²) in [5, 5.41) is 2.81. The van der Waals surface area contributed by atoms with Gasteiger partial charge in [0.2, 0.25) is 5.91 Å². The summed E-state index contributed by atoms with van der Waals surface area (Å²) in [6.45, 7) is 4.49. The lowest BCUT2D eigenvalue weighted by Crippen LogP contribution is -2.50. The molecule has 2 amide bonds. The minimum absolute atomic E-state index is 0.00566. The molecule has 0 spiro atoms. The standard InChI is InChI=1S/C21H23FN2O2/c1-3-14(2)19(20(25)23-12-15-8-5-7-11-18(15)22)24-13-16-9-4-6-10-17(16)21(24)26/h4-11,14,19H,3,12-13H2,1-2H3,(H,23,25). The molecule has 0 fully saturated rings. The lowest BCUT2D eigenvalue weighted by atomic mass is 9.96. The second kappa shape index (κ2) is 7.68. The van der Waals surface area contributed by atoms with E-state index in [0.29, 0.717) is 17.7 Å². The Morgan fingerprint density at radius 2 is 1.88 bits per heavy atom. The highest BCUT2D eigenvalue weighted by atomic mass is 19.1. The van der Waals surface area contributed by atoms with Gasteiger partial charge in [-0.25, -0.2) is 4.39 Å². The number of carbonyl (C=O) groups excluding carboxylic acids is 2. The second-order valence-electron chi connectivity index (χ2n) is 6.73. The molecule has 1 N–H and O–H groups in total. The molecule has 2 atom stereocenters. The van der Waals surface area contributed by atoms with E-state index in [2.05, 4.69) is 5.32 Å². The monoisotopic (exact) mass is 354 g/mol. The maximum absolute atomic E-state index is 13.8. The number of carbonyl (C=O) groups is 2. The number of nitrogens with one attached hydrogen (secondary N) is 1. The van der Waals surface area contributed by atoms with Crippen molar-refractivity contribution in [2.75, 3.05) is 0 Å². The van der Waals surface area contributed by atoms with Crippen LogP contribution in [-0.2, 0) is 17.9 Å². The van der Waals surface area contributed by atoms with Crippen molar-refractivity contribution in [2.24, 2.45) is 5.92 Å². The van der Waals surface area contributed by atoms with Crippen molar-refractivity contribution in [3.63, 3.8) is 0 Å². The van der Waals surface area contributed by atoms with E-state index in [1.165, 1.54) is 6.07 Å². The second-order valence-corrected chi connectivity index (χ2v) is 6.73. The predicted molar refractivity (Wildman–Crippen MR) is 97.8 cm³/mol. The van der Waals surface area contributed by atoms with E-state index < -0.39 is 6.04 Å². The molecule has 0 aliphatic carbocycles. The van der Waals surface area contributed by atoms with Gasteiger partial charge in [0.15, 0.2) is 0 Å². The average molecular weight is 354 g/mol. The molecule has 0 radical (unpaired) electrons. The van der Waals surface area contributed by atoms with Crippen LogP contribution in [0.3, 0.4) is 0 Å². The van der Waals surface area contributed by atoms with Gasteiger partial charge in [-0.2, -0.15) is 0 Å². The van der Waals surface area contributed by atoms with E-state index in [9.17, 15) is 14.0 Å². The Balaban J connectivity index is 1.78. The largest absolute Gasteiger partial charge is 0.350 e. The van der Waals surface area contributed by atoms with Crippen LogP contribution in [0.4, 0.5) is 4.39 Å². The zero-order chi connectivity index (χ0) is 18.7. The van der Waals surface area contributed by atoms with Crippen molar-refractivity contribution in [1.82, 2.24) is 10.2 Å². The Labute approximate surface area is 153 Å². The maximum Gasteiger partial charge on any atom is 0.255 e. The number of hydrogen-bond acceptors (Lipinski definition) is 2. The molecule has 3 rings (SSSR count). The summed E-state index contributed by atoms with van der Waals surface area (Å²) in [6.07, 6.45) is 0.762. The Bertz CT molecular complexity index is 821. The Morgan fingerprint density at radius 1 is 1.19 bits per heavy atom. The molecule has 0 saturated carbocycles. The fraction of sp³-hybridized carbons (Fsp3) is 0.333. The fourth-order valence-electron chi connectivity index (χ4n) is 3.36. The van der Waals surface area contributed by atoms with Crippen molar-refractivity contribution in [1.29, 1.82) is 0 Å². The molecule has 2 aromatic rings. The molecule has 0 bridgehead atoms. The van der Waals surface area contributed by atoms with Gasteiger partial charge in [0, 0.05) is 24.2 Å². The Morgan fingerprint density at radius 3 is 2.58 bits per heavy atom. The van der Waals surface area contributed by atoms with Crippen LogP contribution in [-0.4, -0.2) is 22.8 Å². The minimum atomic E-state index is -0.577. The minimum Gasteiger partial charge on any atom is -0.350 e. The van der Waals surface area contributed by atoms with Crippen LogP contribution in [0.25, 0.3) is 0 Å². The molecule has 5 heteroatoms. The van der Waals surface area contributed by atoms with E-state index >= 15 is 0 Å². The van der Waals surface area contributed by atoms with Gasteiger partial charge >= 0.3 is 0 Å². The van der Waals surface area contributed by atoms with E-state index in [4.69, 9.17) is 0 Å². The number of benzene rings is 2. The molecule has 2 unspecified atom stereocenters. The van der Waals surface area contributed by atoms with Gasteiger partial charge in [-0.1, -0.05) is 56.7 Å². The Hall–Kier alpha value is -2.69. The van der Waals surface area contributed by atoms with Crippen molar-refractivity contribution in [3.05, 3.63) is 71.0 Å². The van der Waals surface area contributed by atoms with Crippen molar-refractivity contribution < 1.29 is 14.0 Å². The molecule has 1 heterocycles. The van der Waals surface area contributed by atoms with Gasteiger partial charge in [0.25, 0.3) is 5.91 Å². The summed E-state index contributed by atoms with van der Waals surface area (Å²) in [6, 6.07) is 13.2. The molecule has 1 aliphatic rings. The summed E-state index contributed by atoms with van der Waals surface area (Å²) in [7, 11) is 0. The first-order valence-corrected chi connectivity index (χ1v) is 8.93. The maximum atomic E-state index is 13.8. The molecular formula is C21H23FN2O2. The Kier molecular flexibility index (Phi) is 5.35. The third-order valence-corrected chi connectivity index (χ3v) is 5.05. The highest BCUT2D eigenvalue weighted by Crippen LogP contribution is 2.28. The predicted octanol–water partition coefficient (Wildman–Crippen LogP) is 3.51. The first kappa shape index (κ1) is 18.1. The van der Waals surface area contributed by atoms with Gasteiger partial charge < -0.3 is 10.2 Å². The average Bonchev–Trinajstić information content (AvgIpc) is 2.98. The third kappa shape index (κ3) is 3.47. The van der Waals surface area contributed by atoms with Crippen molar-refractivity contribution in [2.45, 2.75) is 39.4 Å². The highest BCUT2D eigenvalue weighted by Gasteiger charge is 2.38. The summed E-state index contributed by atoms with van der Waals surface area (Å²) >= 11 is 0. The molecule has 1 aliphatic heterocycles. The van der Waals surface area contributed by atoms with E-state index in [1.807, 2.05) is 32.0 Å². The number of amides is 2. The van der Waals surface area contributed by atoms with Crippen LogP contribution in [0.15, 0.2) is 48.5 Å². The summed E-state index contributed by atoms with van der Waals surface area (Å²) in [5.74, 6) is -0.720. The van der Waals surface area contributed by atoms with Crippen LogP contribution in [0.5, 0.6) is 0 Å². The number of rotatable bonds is 6. The van der Waals surface area contributed by atoms with Crippen LogP contribution in [0.1, 0.15) is 41.8 Å². The topological polar surface area (TPSA) is 49.4 Å². The zero-order valence-electron chi connectivity index (χ0n) is 15.0. The number of fused-ring (bicyclic) bond motifs is 1. The lowest BCUT2D eigenvalue weighted by Gasteiger charge is -2.31. The van der Waals surface area contributed by atoms with Crippen LogP contribution < -0.4 is 5.32 Å². The fourth-order valence-corrected chi connectivity index (χ4v) is 3.36. The molecule has 26 heavy (non-hydrogen) atoms. The number of halogens is 1. The van der Waals surface area contributed by atoms with Crippen molar-refractivity contribution in [3.8, 4) is 0 Å². The number of nitrogens with zero attached hydrogens (tertiary/aromatic N) is 1. The quantitative estimate of drug-likeness (QED) is 0.863. The molecular weight excluding hydrogens is 331 g/mol. The van der Waals surface area contributed by atoms with Crippen LogP contribution in [0.2, 0.25) is 0 Å². The molecule has 2 aromatic carbocycles. The third-order valence-electron chi connectivity index (χ3n) is 5.05. The number of hydrogen-bond donors (Lipinski definition) is 1. The van der Waals surface area contributed by atoms with Crippen LogP contribution >= 0.6 is 0 Å². The normalized spacial score (nSPS) is 15.5. The van der Waals surface area contributed by atoms with Gasteiger partial charge in [0.05, 0.1) is 0 Å². The van der Waals surface area contributed by atoms with Gasteiger partial charge in [-0.3, -0.25) is 9.59 Å². The van der Waals surface area contributed by atoms with Crippen molar-refractivity contribution >= 4 is 11.8 Å². The van der Waals surface area contributed by atoms with Gasteiger partial charge in [0.1, 0.15) is 11.9 Å². The smallest absolute Gasteiger partial charge is 0.255 e. The summed E-state index contributed by atoms with van der Waals surface area (Å²) in [5.41, 5.74) is 2.02.